The zero-order chi connectivity index (χ0) is 35.8. The maximum Gasteiger partial charge on any atom is 0.407 e. The summed E-state index contributed by atoms with van der Waals surface area (Å²) in [6.07, 6.45) is -7.55. The average molecular weight is 684 g/mol. The number of carbonyl (C=O) groups is 7. The van der Waals surface area contributed by atoms with E-state index < -0.39 is 91.4 Å². The smallest absolute Gasteiger partial charge is 0.407 e. The molecule has 4 rings (SSSR count). The number of fused-ring (bicyclic) bond motifs is 3. The van der Waals surface area contributed by atoms with Crippen molar-refractivity contribution in [1.29, 1.82) is 0 Å². The number of rotatable bonds is 12. The molecular weight excluding hydrogens is 646 g/mol. The number of alkyl carbamates (subject to hydrolysis) is 1. The van der Waals surface area contributed by atoms with Gasteiger partial charge in [-0.15, -0.1) is 0 Å². The second-order valence-electron chi connectivity index (χ2n) is 11.4. The lowest BCUT2D eigenvalue weighted by Crippen LogP contribution is -2.69. The second-order valence-corrected chi connectivity index (χ2v) is 11.4. The summed E-state index contributed by atoms with van der Waals surface area (Å²) >= 11 is 0. The third-order valence-corrected chi connectivity index (χ3v) is 7.74. The van der Waals surface area contributed by atoms with Crippen LogP contribution in [-0.4, -0.2) is 96.7 Å². The van der Waals surface area contributed by atoms with Crippen molar-refractivity contribution in [2.75, 3.05) is 13.2 Å². The predicted molar refractivity (Wildman–Crippen MR) is 166 cm³/mol. The van der Waals surface area contributed by atoms with E-state index in [1.165, 1.54) is 0 Å². The number of amides is 3. The summed E-state index contributed by atoms with van der Waals surface area (Å²) in [6, 6.07) is 12.2. The molecule has 0 bridgehead atoms. The SMILES string of the molecule is CC(=O)NC1C(NC(=O)C[C@H](NC(=O)OCC2c3ccccc3-c3ccccc32)C(=O)O)OC(COC(C)=O)C(OC(C)=O)C1OC(C)=O. The van der Waals surface area contributed by atoms with Crippen molar-refractivity contribution in [1.82, 2.24) is 16.0 Å². The maximum atomic E-state index is 13.2. The van der Waals surface area contributed by atoms with Crippen LogP contribution in [0.15, 0.2) is 48.5 Å². The molecule has 1 aliphatic heterocycles. The topological polar surface area (TPSA) is 222 Å². The normalized spacial score (nSPS) is 21.5. The molecule has 49 heavy (non-hydrogen) atoms. The number of esters is 3. The third kappa shape index (κ3) is 9.31. The average Bonchev–Trinajstić information content (AvgIpc) is 3.34. The van der Waals surface area contributed by atoms with Gasteiger partial charge in [-0.3, -0.25) is 24.0 Å². The molecule has 3 amide bonds. The van der Waals surface area contributed by atoms with E-state index in [9.17, 15) is 38.7 Å². The summed E-state index contributed by atoms with van der Waals surface area (Å²) in [7, 11) is 0. The third-order valence-electron chi connectivity index (χ3n) is 7.74. The van der Waals surface area contributed by atoms with Crippen LogP contribution in [0.25, 0.3) is 11.1 Å². The zero-order valence-electron chi connectivity index (χ0n) is 27.1. The van der Waals surface area contributed by atoms with Crippen molar-refractivity contribution in [2.24, 2.45) is 0 Å². The number of carboxylic acid groups (broad SMARTS) is 1. The first kappa shape index (κ1) is 36.3. The summed E-state index contributed by atoms with van der Waals surface area (Å²) in [5.41, 5.74) is 3.89. The number of benzene rings is 2. The molecule has 1 heterocycles. The Hall–Kier alpha value is -5.51. The van der Waals surface area contributed by atoms with E-state index in [0.717, 1.165) is 49.9 Å². The van der Waals surface area contributed by atoms with Crippen molar-refractivity contribution >= 4 is 41.8 Å². The first-order valence-corrected chi connectivity index (χ1v) is 15.3. The molecule has 2 aliphatic rings. The fraction of sp³-hybridized carbons (Fsp3) is 0.424. The minimum Gasteiger partial charge on any atom is -0.480 e. The van der Waals surface area contributed by atoms with Crippen LogP contribution < -0.4 is 16.0 Å². The van der Waals surface area contributed by atoms with Crippen LogP contribution in [0, 0.1) is 0 Å². The van der Waals surface area contributed by atoms with Crippen molar-refractivity contribution in [2.45, 2.75) is 76.7 Å². The molecule has 2 aromatic carbocycles. The Morgan fingerprint density at radius 3 is 1.86 bits per heavy atom. The predicted octanol–water partition coefficient (Wildman–Crippen LogP) is 1.14. The Morgan fingerprint density at radius 1 is 0.755 bits per heavy atom. The van der Waals surface area contributed by atoms with E-state index >= 15 is 0 Å². The highest BCUT2D eigenvalue weighted by atomic mass is 16.6. The van der Waals surface area contributed by atoms with Crippen molar-refractivity contribution in [3.05, 3.63) is 59.7 Å². The van der Waals surface area contributed by atoms with Gasteiger partial charge in [-0.2, -0.15) is 0 Å². The Morgan fingerprint density at radius 2 is 1.33 bits per heavy atom. The Labute approximate surface area is 280 Å². The molecule has 262 valence electrons. The van der Waals surface area contributed by atoms with Crippen LogP contribution >= 0.6 is 0 Å². The minimum atomic E-state index is -1.76. The number of hydrogen-bond acceptors (Lipinski definition) is 12. The summed E-state index contributed by atoms with van der Waals surface area (Å²) < 4.78 is 27.0. The molecule has 0 aromatic heterocycles. The molecule has 5 unspecified atom stereocenters. The maximum absolute atomic E-state index is 13.2. The van der Waals surface area contributed by atoms with Crippen LogP contribution in [0.2, 0.25) is 0 Å². The van der Waals surface area contributed by atoms with Gasteiger partial charge in [0.05, 0.1) is 6.42 Å². The Bertz CT molecular complexity index is 1570. The number of aliphatic carboxylic acids is 1. The number of carboxylic acids is 1. The molecule has 6 atom stereocenters. The lowest BCUT2D eigenvalue weighted by atomic mass is 9.95. The molecule has 4 N–H and O–H groups in total. The van der Waals surface area contributed by atoms with Crippen LogP contribution in [0.4, 0.5) is 4.79 Å². The van der Waals surface area contributed by atoms with E-state index in [1.54, 1.807) is 0 Å². The molecule has 16 heteroatoms. The number of carbonyl (C=O) groups excluding carboxylic acids is 6. The van der Waals surface area contributed by atoms with Gasteiger partial charge >= 0.3 is 30.0 Å². The fourth-order valence-electron chi connectivity index (χ4n) is 5.84. The van der Waals surface area contributed by atoms with Crippen molar-refractivity contribution < 1.29 is 62.4 Å². The van der Waals surface area contributed by atoms with Gasteiger partial charge in [-0.05, 0) is 22.3 Å². The molecular formula is C33H37N3O13. The molecule has 0 radical (unpaired) electrons. The molecule has 1 saturated heterocycles. The van der Waals surface area contributed by atoms with Crippen LogP contribution in [-0.2, 0) is 52.5 Å². The summed E-state index contributed by atoms with van der Waals surface area (Å²) in [6.45, 7) is 3.77. The molecule has 16 nitrogen and oxygen atoms in total. The van der Waals surface area contributed by atoms with Crippen molar-refractivity contribution in [3.8, 4) is 11.1 Å². The lowest BCUT2D eigenvalue weighted by molar-refractivity contribution is -0.228. The molecule has 2 aromatic rings. The van der Waals surface area contributed by atoms with E-state index in [2.05, 4.69) is 16.0 Å². The van der Waals surface area contributed by atoms with Gasteiger partial charge in [0.2, 0.25) is 11.8 Å². The Balaban J connectivity index is 1.46. The molecule has 0 spiro atoms. The zero-order valence-corrected chi connectivity index (χ0v) is 27.1. The highest BCUT2D eigenvalue weighted by Crippen LogP contribution is 2.44. The number of nitrogens with one attached hydrogen (secondary N) is 3. The lowest BCUT2D eigenvalue weighted by Gasteiger charge is -2.45. The van der Waals surface area contributed by atoms with Crippen LogP contribution in [0.3, 0.4) is 0 Å². The van der Waals surface area contributed by atoms with Gasteiger partial charge in [0.15, 0.2) is 18.4 Å². The summed E-state index contributed by atoms with van der Waals surface area (Å²) in [5, 5.41) is 16.9. The largest absolute Gasteiger partial charge is 0.480 e. The van der Waals surface area contributed by atoms with E-state index in [1.807, 2.05) is 48.5 Å². The van der Waals surface area contributed by atoms with E-state index in [-0.39, 0.29) is 12.5 Å². The molecule has 1 fully saturated rings. The van der Waals surface area contributed by atoms with Crippen LogP contribution in [0.5, 0.6) is 0 Å². The summed E-state index contributed by atoms with van der Waals surface area (Å²) in [4.78, 5) is 85.8. The Kier molecular flexibility index (Phi) is 11.9. The van der Waals surface area contributed by atoms with Gasteiger partial charge < -0.3 is 44.7 Å². The first-order chi connectivity index (χ1) is 23.2. The minimum absolute atomic E-state index is 0.0997. The fourth-order valence-corrected chi connectivity index (χ4v) is 5.84. The van der Waals surface area contributed by atoms with Crippen molar-refractivity contribution in [3.63, 3.8) is 0 Å². The summed E-state index contributed by atoms with van der Waals surface area (Å²) in [5.74, 6) is -5.83. The highest BCUT2D eigenvalue weighted by molar-refractivity contribution is 5.87. The van der Waals surface area contributed by atoms with Crippen LogP contribution in [0.1, 0.15) is 51.2 Å². The van der Waals surface area contributed by atoms with Gasteiger partial charge in [-0.1, -0.05) is 48.5 Å². The number of ether oxygens (including phenoxy) is 5. The molecule has 0 saturated carbocycles. The van der Waals surface area contributed by atoms with Gasteiger partial charge in [0, 0.05) is 33.6 Å². The standard InChI is InChI=1S/C33H37N3O13/c1-16(37)34-28-30(48-19(4)40)29(47-18(3)39)26(15-45-17(2)38)49-31(28)36-27(41)13-25(32(42)43)35-33(44)46-14-24-22-11-7-5-9-20(22)21-10-6-8-12-23(21)24/h5-12,24-26,28-31H,13-15H2,1-4H3,(H,34,37)(H,35,44)(H,36,41)(H,42,43)/t25-,26?,28?,29?,30?,31?/m0/s1. The quantitative estimate of drug-likeness (QED) is 0.182. The van der Waals surface area contributed by atoms with E-state index in [4.69, 9.17) is 23.7 Å². The van der Waals surface area contributed by atoms with Gasteiger partial charge in [0.25, 0.3) is 0 Å². The second kappa shape index (κ2) is 16.1. The van der Waals surface area contributed by atoms with Gasteiger partial charge in [-0.25, -0.2) is 9.59 Å². The van der Waals surface area contributed by atoms with Gasteiger partial charge in [0.1, 0.15) is 31.4 Å². The molecule has 1 aliphatic carbocycles. The van der Waals surface area contributed by atoms with E-state index in [0.29, 0.717) is 0 Å². The highest BCUT2D eigenvalue weighted by Gasteiger charge is 2.51. The first-order valence-electron chi connectivity index (χ1n) is 15.3. The number of hydrogen-bond donors (Lipinski definition) is 4. The monoisotopic (exact) mass is 683 g/mol.